The first-order valence-corrected chi connectivity index (χ1v) is 11.6. The molecular formula is C28H33NO3. The van der Waals surface area contributed by atoms with Crippen LogP contribution in [0.5, 0.6) is 0 Å². The third-order valence-electron chi connectivity index (χ3n) is 6.40. The molecule has 0 amide bonds. The summed E-state index contributed by atoms with van der Waals surface area (Å²) >= 11 is 0. The van der Waals surface area contributed by atoms with E-state index in [2.05, 4.69) is 29.2 Å². The quantitative estimate of drug-likeness (QED) is 0.520. The van der Waals surface area contributed by atoms with E-state index in [-0.39, 0.29) is 12.0 Å². The number of β-amino-alcohol motifs (C(OH)–C–C–N with tert-alkyl or cyclic N) is 2. The highest BCUT2D eigenvalue weighted by Crippen LogP contribution is 2.28. The highest BCUT2D eigenvalue weighted by Gasteiger charge is 2.29. The lowest BCUT2D eigenvalue weighted by Crippen LogP contribution is -2.45. The monoisotopic (exact) mass is 431 g/mol. The third kappa shape index (κ3) is 6.05. The zero-order valence-corrected chi connectivity index (χ0v) is 18.5. The minimum Gasteiger partial charge on any atom is -0.392 e. The number of ether oxygens (including phenoxy) is 1. The molecule has 3 aromatic rings. The van der Waals surface area contributed by atoms with Crippen molar-refractivity contribution in [2.24, 2.45) is 5.92 Å². The zero-order valence-electron chi connectivity index (χ0n) is 18.5. The first-order chi connectivity index (χ1) is 15.7. The molecular weight excluding hydrogens is 398 g/mol. The highest BCUT2D eigenvalue weighted by atomic mass is 16.5. The van der Waals surface area contributed by atoms with Crippen LogP contribution in [0.2, 0.25) is 0 Å². The van der Waals surface area contributed by atoms with Gasteiger partial charge in [0.2, 0.25) is 0 Å². The largest absolute Gasteiger partial charge is 0.392 e. The Morgan fingerprint density at radius 2 is 1.34 bits per heavy atom. The number of nitrogens with zero attached hydrogens (tertiary/aromatic N) is 1. The second-order valence-electron chi connectivity index (χ2n) is 8.66. The normalized spacial score (nSPS) is 20.3. The van der Waals surface area contributed by atoms with E-state index in [1.54, 1.807) is 0 Å². The van der Waals surface area contributed by atoms with Crippen molar-refractivity contribution in [3.63, 3.8) is 0 Å². The Hall–Kier alpha value is -2.50. The molecule has 1 aliphatic rings. The number of rotatable bonds is 9. The minimum atomic E-state index is -0.527. The molecule has 3 aromatic carbocycles. The Kier molecular flexibility index (Phi) is 8.07. The van der Waals surface area contributed by atoms with Crippen molar-refractivity contribution in [3.05, 3.63) is 108 Å². The predicted octanol–water partition coefficient (Wildman–Crippen LogP) is 4.60. The molecule has 2 N–H and O–H groups in total. The van der Waals surface area contributed by atoms with Gasteiger partial charge in [0.05, 0.1) is 12.2 Å². The lowest BCUT2D eigenvalue weighted by molar-refractivity contribution is -0.0154. The first kappa shape index (κ1) is 22.7. The van der Waals surface area contributed by atoms with Crippen LogP contribution in [-0.4, -0.2) is 47.5 Å². The summed E-state index contributed by atoms with van der Waals surface area (Å²) in [6.45, 7) is 2.62. The molecule has 0 aromatic heterocycles. The van der Waals surface area contributed by atoms with E-state index in [4.69, 9.17) is 4.74 Å². The first-order valence-electron chi connectivity index (χ1n) is 11.6. The van der Waals surface area contributed by atoms with Gasteiger partial charge >= 0.3 is 0 Å². The molecule has 0 aliphatic carbocycles. The molecule has 1 aliphatic heterocycles. The van der Waals surface area contributed by atoms with Gasteiger partial charge in [-0.15, -0.1) is 0 Å². The smallest absolute Gasteiger partial charge is 0.108 e. The molecule has 1 saturated heterocycles. The van der Waals surface area contributed by atoms with Crippen LogP contribution in [0.3, 0.4) is 0 Å². The maximum Gasteiger partial charge on any atom is 0.108 e. The van der Waals surface area contributed by atoms with Gasteiger partial charge in [0.1, 0.15) is 6.10 Å². The van der Waals surface area contributed by atoms with Crippen molar-refractivity contribution in [1.82, 2.24) is 4.90 Å². The van der Waals surface area contributed by atoms with Crippen molar-refractivity contribution in [2.45, 2.75) is 31.2 Å². The molecule has 168 valence electrons. The predicted molar refractivity (Wildman–Crippen MR) is 127 cm³/mol. The fourth-order valence-electron chi connectivity index (χ4n) is 4.55. The van der Waals surface area contributed by atoms with E-state index >= 15 is 0 Å². The van der Waals surface area contributed by atoms with E-state index in [0.29, 0.717) is 19.7 Å². The SMILES string of the molecule is OC(CN1CC[C@@H](CCOC(c2ccccc2)c2ccccc2)C(O)C1)c1ccccc1. The van der Waals surface area contributed by atoms with Crippen molar-refractivity contribution in [3.8, 4) is 0 Å². The summed E-state index contributed by atoms with van der Waals surface area (Å²) in [6, 6.07) is 30.3. The van der Waals surface area contributed by atoms with Crippen LogP contribution in [0.1, 0.15) is 41.7 Å². The van der Waals surface area contributed by atoms with Crippen LogP contribution < -0.4 is 0 Å². The summed E-state index contributed by atoms with van der Waals surface area (Å²) in [6.07, 6.45) is 0.707. The van der Waals surface area contributed by atoms with Crippen LogP contribution in [-0.2, 0) is 4.74 Å². The molecule has 3 atom stereocenters. The molecule has 1 fully saturated rings. The van der Waals surface area contributed by atoms with Crippen molar-refractivity contribution in [2.75, 3.05) is 26.2 Å². The molecule has 4 rings (SSSR count). The third-order valence-corrected chi connectivity index (χ3v) is 6.40. The van der Waals surface area contributed by atoms with E-state index in [0.717, 1.165) is 36.1 Å². The number of aliphatic hydroxyl groups is 2. The Morgan fingerprint density at radius 3 is 1.88 bits per heavy atom. The molecule has 32 heavy (non-hydrogen) atoms. The van der Waals surface area contributed by atoms with E-state index in [1.807, 2.05) is 66.7 Å². The molecule has 1 heterocycles. The van der Waals surface area contributed by atoms with Gasteiger partial charge in [0.25, 0.3) is 0 Å². The van der Waals surface area contributed by atoms with Gasteiger partial charge in [0, 0.05) is 19.7 Å². The number of piperidine rings is 1. The topological polar surface area (TPSA) is 52.9 Å². The van der Waals surface area contributed by atoms with Crippen molar-refractivity contribution >= 4 is 0 Å². The Labute approximate surface area is 191 Å². The Balaban J connectivity index is 1.28. The fourth-order valence-corrected chi connectivity index (χ4v) is 4.55. The molecule has 0 spiro atoms. The molecule has 0 saturated carbocycles. The molecule has 0 radical (unpaired) electrons. The van der Waals surface area contributed by atoms with Crippen LogP contribution in [0.15, 0.2) is 91.0 Å². The summed E-state index contributed by atoms with van der Waals surface area (Å²) in [5.41, 5.74) is 3.21. The second-order valence-corrected chi connectivity index (χ2v) is 8.66. The van der Waals surface area contributed by atoms with Crippen LogP contribution in [0, 0.1) is 5.92 Å². The highest BCUT2D eigenvalue weighted by molar-refractivity contribution is 5.29. The minimum absolute atomic E-state index is 0.101. The Morgan fingerprint density at radius 1 is 0.812 bits per heavy atom. The standard InChI is InChI=1S/C28H33NO3/c30-26(22-10-4-1-5-11-22)20-29-18-16-23(27(31)21-29)17-19-32-28(24-12-6-2-7-13-24)25-14-8-3-9-15-25/h1-15,23,26-28,30-31H,16-21H2/t23-,26?,27?/m0/s1. The summed E-state index contributed by atoms with van der Waals surface area (Å²) in [4.78, 5) is 2.16. The van der Waals surface area contributed by atoms with Crippen molar-refractivity contribution in [1.29, 1.82) is 0 Å². The lowest BCUT2D eigenvalue weighted by atomic mass is 9.90. The molecule has 2 unspecified atom stereocenters. The van der Waals surface area contributed by atoms with E-state index in [1.165, 1.54) is 0 Å². The lowest BCUT2D eigenvalue weighted by Gasteiger charge is -2.37. The average molecular weight is 432 g/mol. The average Bonchev–Trinajstić information content (AvgIpc) is 2.84. The van der Waals surface area contributed by atoms with Gasteiger partial charge in [-0.3, -0.25) is 4.90 Å². The van der Waals surface area contributed by atoms with Gasteiger partial charge in [0.15, 0.2) is 0 Å². The number of benzene rings is 3. The second kappa shape index (κ2) is 11.4. The summed E-state index contributed by atoms with van der Waals surface area (Å²) in [5.74, 6) is 0.215. The summed E-state index contributed by atoms with van der Waals surface area (Å²) in [5, 5.41) is 21.2. The number of hydrogen-bond acceptors (Lipinski definition) is 4. The summed E-state index contributed by atoms with van der Waals surface area (Å²) < 4.78 is 6.35. The maximum atomic E-state index is 10.7. The fraction of sp³-hybridized carbons (Fsp3) is 0.357. The number of aliphatic hydroxyl groups excluding tert-OH is 2. The maximum absolute atomic E-state index is 10.7. The molecule has 4 heteroatoms. The van der Waals surface area contributed by atoms with Crippen LogP contribution in [0.25, 0.3) is 0 Å². The number of hydrogen-bond donors (Lipinski definition) is 2. The molecule has 0 bridgehead atoms. The van der Waals surface area contributed by atoms with Crippen LogP contribution in [0.4, 0.5) is 0 Å². The summed E-state index contributed by atoms with van der Waals surface area (Å²) in [7, 11) is 0. The number of likely N-dealkylation sites (tertiary alicyclic amines) is 1. The van der Waals surface area contributed by atoms with Gasteiger partial charge < -0.3 is 14.9 Å². The van der Waals surface area contributed by atoms with E-state index < -0.39 is 12.2 Å². The zero-order chi connectivity index (χ0) is 22.2. The van der Waals surface area contributed by atoms with Crippen LogP contribution >= 0.6 is 0 Å². The van der Waals surface area contributed by atoms with E-state index in [9.17, 15) is 10.2 Å². The van der Waals surface area contributed by atoms with Crippen molar-refractivity contribution < 1.29 is 14.9 Å². The van der Waals surface area contributed by atoms with Gasteiger partial charge in [-0.05, 0) is 42.0 Å². The van der Waals surface area contributed by atoms with Gasteiger partial charge in [-0.2, -0.15) is 0 Å². The van der Waals surface area contributed by atoms with Gasteiger partial charge in [-0.25, -0.2) is 0 Å². The molecule has 4 nitrogen and oxygen atoms in total. The van der Waals surface area contributed by atoms with Gasteiger partial charge in [-0.1, -0.05) is 91.0 Å². The Bertz CT molecular complexity index is 880.